The number of benzene rings is 2. The average molecular weight is 416 g/mol. The molecule has 2 aromatic carbocycles. The van der Waals surface area contributed by atoms with Gasteiger partial charge in [-0.15, -0.1) is 0 Å². The number of nitrogens with one attached hydrogen (secondary N) is 2. The monoisotopic (exact) mass is 415 g/mol. The van der Waals surface area contributed by atoms with Crippen LogP contribution in [0.2, 0.25) is 5.02 Å². The lowest BCUT2D eigenvalue weighted by Crippen LogP contribution is -2.69. The van der Waals surface area contributed by atoms with Crippen molar-refractivity contribution in [3.8, 4) is 0 Å². The number of carbonyl (C=O) groups is 3. The summed E-state index contributed by atoms with van der Waals surface area (Å²) < 4.78 is 55.3. The summed E-state index contributed by atoms with van der Waals surface area (Å²) in [5, 5.41) is 3.01. The van der Waals surface area contributed by atoms with Gasteiger partial charge in [0.2, 0.25) is 0 Å². The lowest BCUT2D eigenvalue weighted by molar-refractivity contribution is -0.197. The van der Waals surface area contributed by atoms with Crippen molar-refractivity contribution in [3.63, 3.8) is 0 Å². The molecule has 0 bridgehead atoms. The van der Waals surface area contributed by atoms with Gasteiger partial charge >= 0.3 is 12.2 Å². The van der Waals surface area contributed by atoms with E-state index in [0.717, 1.165) is 18.2 Å². The largest absolute Gasteiger partial charge is 0.440 e. The Labute approximate surface area is 160 Å². The predicted molar refractivity (Wildman–Crippen MR) is 90.1 cm³/mol. The molecule has 0 aliphatic carbocycles. The fourth-order valence-electron chi connectivity index (χ4n) is 2.60. The zero-order chi connectivity index (χ0) is 20.7. The second-order valence-corrected chi connectivity index (χ2v) is 6.17. The van der Waals surface area contributed by atoms with Gasteiger partial charge < -0.3 is 5.32 Å². The first kappa shape index (κ1) is 19.6. The van der Waals surface area contributed by atoms with Gasteiger partial charge in [-0.25, -0.2) is 14.1 Å². The van der Waals surface area contributed by atoms with Gasteiger partial charge in [0.25, 0.3) is 17.5 Å². The Balaban J connectivity index is 2.03. The fourth-order valence-corrected chi connectivity index (χ4v) is 2.79. The van der Waals surface area contributed by atoms with Crippen LogP contribution >= 0.6 is 11.6 Å². The number of halogens is 5. The molecule has 4 amide bonds. The van der Waals surface area contributed by atoms with E-state index in [1.165, 1.54) is 41.0 Å². The third-order valence-electron chi connectivity index (χ3n) is 3.93. The van der Waals surface area contributed by atoms with Crippen LogP contribution in [-0.4, -0.2) is 29.7 Å². The third kappa shape index (κ3) is 3.15. The molecule has 0 spiro atoms. The molecule has 3 rings (SSSR count). The Bertz CT molecular complexity index is 982. The van der Waals surface area contributed by atoms with Crippen molar-refractivity contribution in [2.24, 2.45) is 0 Å². The van der Waals surface area contributed by atoms with Crippen molar-refractivity contribution in [2.75, 3.05) is 4.90 Å². The number of carbonyl (C=O) groups excluding carboxylic acids is 3. The summed E-state index contributed by atoms with van der Waals surface area (Å²) in [7, 11) is 0. The standard InChI is InChI=1S/C17H10ClF4N3O3/c18-10-5-3-4-9(8-10)13(26)23-16(17(20,21)22)14(27)25(15(28)24-16)12-7-2-1-6-11(12)19/h1-8H,(H,23,26)(H,24,28)/t16-/m0/s1. The molecule has 6 nitrogen and oxygen atoms in total. The lowest BCUT2D eigenvalue weighted by atomic mass is 10.1. The van der Waals surface area contributed by atoms with Gasteiger partial charge in [0.1, 0.15) is 5.82 Å². The summed E-state index contributed by atoms with van der Waals surface area (Å²) in [5.41, 5.74) is -4.73. The Kier molecular flexibility index (Phi) is 4.76. The van der Waals surface area contributed by atoms with Crippen molar-refractivity contribution in [1.82, 2.24) is 10.6 Å². The van der Waals surface area contributed by atoms with Crippen LogP contribution in [0.15, 0.2) is 48.5 Å². The highest BCUT2D eigenvalue weighted by molar-refractivity contribution is 6.31. The van der Waals surface area contributed by atoms with Crippen LogP contribution in [0.4, 0.5) is 28.0 Å². The van der Waals surface area contributed by atoms with E-state index < -0.39 is 41.2 Å². The first-order valence-electron chi connectivity index (χ1n) is 7.63. The van der Waals surface area contributed by atoms with E-state index in [1.54, 1.807) is 0 Å². The van der Waals surface area contributed by atoms with E-state index in [9.17, 15) is 31.9 Å². The first-order valence-corrected chi connectivity index (χ1v) is 8.00. The van der Waals surface area contributed by atoms with Crippen LogP contribution in [0, 0.1) is 5.82 Å². The highest BCUT2D eigenvalue weighted by Crippen LogP contribution is 2.36. The molecule has 1 fully saturated rings. The minimum absolute atomic E-state index is 0.0128. The molecule has 2 N–H and O–H groups in total. The number of alkyl halides is 3. The molecular formula is C17H10ClF4N3O3. The molecule has 1 atom stereocenters. The number of hydrogen-bond acceptors (Lipinski definition) is 3. The van der Waals surface area contributed by atoms with E-state index >= 15 is 0 Å². The van der Waals surface area contributed by atoms with E-state index in [0.29, 0.717) is 0 Å². The molecule has 2 aromatic rings. The molecule has 0 aromatic heterocycles. The van der Waals surface area contributed by atoms with E-state index in [1.807, 2.05) is 0 Å². The molecule has 11 heteroatoms. The highest BCUT2D eigenvalue weighted by Gasteiger charge is 2.69. The third-order valence-corrected chi connectivity index (χ3v) is 4.16. The number of hydrogen-bond donors (Lipinski definition) is 2. The molecular weight excluding hydrogens is 406 g/mol. The van der Waals surface area contributed by atoms with Gasteiger partial charge in [0, 0.05) is 10.6 Å². The fraction of sp³-hybridized carbons (Fsp3) is 0.118. The topological polar surface area (TPSA) is 78.5 Å². The Morgan fingerprint density at radius 3 is 2.39 bits per heavy atom. The maximum absolute atomic E-state index is 14.0. The summed E-state index contributed by atoms with van der Waals surface area (Å²) in [5.74, 6) is -4.31. The minimum atomic E-state index is -5.42. The maximum Gasteiger partial charge on any atom is 0.440 e. The SMILES string of the molecule is O=C(N[C@]1(C(F)(F)F)NC(=O)N(c2ccccc2F)C1=O)c1cccc(Cl)c1. The molecule has 0 unspecified atom stereocenters. The lowest BCUT2D eigenvalue weighted by Gasteiger charge is -2.29. The molecule has 0 radical (unpaired) electrons. The Morgan fingerprint density at radius 1 is 1.11 bits per heavy atom. The maximum atomic E-state index is 14.0. The number of amides is 4. The quantitative estimate of drug-likeness (QED) is 0.597. The number of rotatable bonds is 3. The normalized spacial score (nSPS) is 19.5. The molecule has 0 saturated carbocycles. The summed E-state index contributed by atoms with van der Waals surface area (Å²) in [6.45, 7) is 0. The van der Waals surface area contributed by atoms with Crippen LogP contribution in [0.3, 0.4) is 0 Å². The first-order chi connectivity index (χ1) is 13.1. The van der Waals surface area contributed by atoms with Crippen LogP contribution in [0.1, 0.15) is 10.4 Å². The van der Waals surface area contributed by atoms with E-state index in [-0.39, 0.29) is 15.5 Å². The van der Waals surface area contributed by atoms with Crippen molar-refractivity contribution >= 4 is 35.1 Å². The number of para-hydroxylation sites is 1. The molecule has 1 heterocycles. The van der Waals surface area contributed by atoms with E-state index in [4.69, 9.17) is 11.6 Å². The summed E-state index contributed by atoms with van der Waals surface area (Å²) in [6.07, 6.45) is -5.42. The Hall–Kier alpha value is -3.14. The van der Waals surface area contributed by atoms with Gasteiger partial charge in [-0.3, -0.25) is 14.9 Å². The van der Waals surface area contributed by atoms with Crippen LogP contribution in [-0.2, 0) is 4.79 Å². The Morgan fingerprint density at radius 2 is 1.79 bits per heavy atom. The number of nitrogens with zero attached hydrogens (tertiary/aromatic N) is 1. The van der Waals surface area contributed by atoms with E-state index in [2.05, 4.69) is 0 Å². The summed E-state index contributed by atoms with van der Waals surface area (Å²) in [4.78, 5) is 37.0. The molecule has 28 heavy (non-hydrogen) atoms. The smallest absolute Gasteiger partial charge is 0.314 e. The van der Waals surface area contributed by atoms with Crippen molar-refractivity contribution in [3.05, 3.63) is 64.9 Å². The average Bonchev–Trinajstić information content (AvgIpc) is 2.86. The zero-order valence-corrected chi connectivity index (χ0v) is 14.4. The highest BCUT2D eigenvalue weighted by atomic mass is 35.5. The number of urea groups is 1. The predicted octanol–water partition coefficient (Wildman–Crippen LogP) is 3.22. The van der Waals surface area contributed by atoms with Gasteiger partial charge in [0.05, 0.1) is 5.69 Å². The van der Waals surface area contributed by atoms with Gasteiger partial charge in [-0.1, -0.05) is 29.8 Å². The molecule has 146 valence electrons. The van der Waals surface area contributed by atoms with Crippen LogP contribution in [0.5, 0.6) is 0 Å². The van der Waals surface area contributed by atoms with Crippen molar-refractivity contribution < 1.29 is 31.9 Å². The van der Waals surface area contributed by atoms with Gasteiger partial charge in [0.15, 0.2) is 0 Å². The van der Waals surface area contributed by atoms with Crippen LogP contribution < -0.4 is 15.5 Å². The van der Waals surface area contributed by atoms with Crippen LogP contribution in [0.25, 0.3) is 0 Å². The second kappa shape index (κ2) is 6.79. The number of imide groups is 1. The number of anilines is 1. The molecule has 1 aliphatic rings. The van der Waals surface area contributed by atoms with Gasteiger partial charge in [-0.2, -0.15) is 13.2 Å². The second-order valence-electron chi connectivity index (χ2n) is 5.73. The minimum Gasteiger partial charge on any atom is -0.314 e. The van der Waals surface area contributed by atoms with Crippen molar-refractivity contribution in [1.29, 1.82) is 0 Å². The van der Waals surface area contributed by atoms with Gasteiger partial charge in [-0.05, 0) is 30.3 Å². The zero-order valence-electron chi connectivity index (χ0n) is 13.7. The van der Waals surface area contributed by atoms with Crippen molar-refractivity contribution in [2.45, 2.75) is 11.8 Å². The molecule has 1 aliphatic heterocycles. The summed E-state index contributed by atoms with van der Waals surface area (Å²) >= 11 is 5.71. The molecule has 1 saturated heterocycles. The summed E-state index contributed by atoms with van der Waals surface area (Å²) in [6, 6.07) is 7.70.